The molecule has 0 bridgehead atoms. The second-order valence-electron chi connectivity index (χ2n) is 6.60. The predicted octanol–water partition coefficient (Wildman–Crippen LogP) is 5.41. The van der Waals surface area contributed by atoms with Gasteiger partial charge in [-0.15, -0.1) is 0 Å². The minimum atomic E-state index is -4.24. The maximum absolute atomic E-state index is 13.9. The lowest BCUT2D eigenvalue weighted by molar-refractivity contribution is -0.114. The van der Waals surface area contributed by atoms with Gasteiger partial charge in [0.2, 0.25) is 5.91 Å². The summed E-state index contributed by atoms with van der Waals surface area (Å²) in [5, 5.41) is 2.37. The van der Waals surface area contributed by atoms with Crippen LogP contribution >= 0.6 is 23.2 Å². The molecule has 10 heteroatoms. The Kier molecular flexibility index (Phi) is 6.83. The highest BCUT2D eigenvalue weighted by atomic mass is 35.5. The van der Waals surface area contributed by atoms with Crippen LogP contribution in [0.4, 0.5) is 20.2 Å². The van der Waals surface area contributed by atoms with Gasteiger partial charge in [-0.3, -0.25) is 9.10 Å². The first-order valence-corrected chi connectivity index (χ1v) is 11.1. The molecule has 0 aromatic heterocycles. The second kappa shape index (κ2) is 9.21. The van der Waals surface area contributed by atoms with Crippen molar-refractivity contribution in [1.82, 2.24) is 0 Å². The Morgan fingerprint density at radius 2 is 1.52 bits per heavy atom. The summed E-state index contributed by atoms with van der Waals surface area (Å²) in [6, 6.07) is 13.1. The fraction of sp³-hybridized carbons (Fsp3) is 0.0952. The summed E-state index contributed by atoms with van der Waals surface area (Å²) < 4.78 is 55.2. The number of hydrogen-bond acceptors (Lipinski definition) is 3. The Morgan fingerprint density at radius 3 is 2.06 bits per heavy atom. The Labute approximate surface area is 188 Å². The third kappa shape index (κ3) is 5.33. The van der Waals surface area contributed by atoms with Gasteiger partial charge in [0.05, 0.1) is 10.6 Å². The van der Waals surface area contributed by atoms with Crippen molar-refractivity contribution in [1.29, 1.82) is 0 Å². The van der Waals surface area contributed by atoms with Crippen LogP contribution in [0.3, 0.4) is 0 Å². The summed E-state index contributed by atoms with van der Waals surface area (Å²) in [4.78, 5) is 12.5. The fourth-order valence-corrected chi connectivity index (χ4v) is 4.68. The number of nitrogens with one attached hydrogen (secondary N) is 1. The van der Waals surface area contributed by atoms with Gasteiger partial charge in [-0.2, -0.15) is 0 Å². The first-order chi connectivity index (χ1) is 14.6. The molecule has 0 aliphatic heterocycles. The van der Waals surface area contributed by atoms with E-state index in [4.69, 9.17) is 23.2 Å². The lowest BCUT2D eigenvalue weighted by Gasteiger charge is -2.24. The molecule has 5 nitrogen and oxygen atoms in total. The Balaban J connectivity index is 2.02. The standard InChI is InChI=1S/C21H16Cl2F2N2O3S/c1-13-5-7-17(8-6-13)31(29,30)27(16-10-14(22)9-15(23)11-16)12-20(28)26-21-18(24)3-2-4-19(21)25/h2-11H,12H2,1H3,(H,26,28). The summed E-state index contributed by atoms with van der Waals surface area (Å²) in [5.74, 6) is -2.95. The second-order valence-corrected chi connectivity index (χ2v) is 9.33. The first-order valence-electron chi connectivity index (χ1n) is 8.87. The van der Waals surface area contributed by atoms with E-state index in [9.17, 15) is 22.0 Å². The number of nitrogens with zero attached hydrogens (tertiary/aromatic N) is 1. The van der Waals surface area contributed by atoms with Gasteiger partial charge < -0.3 is 5.32 Å². The fourth-order valence-electron chi connectivity index (χ4n) is 2.76. The molecule has 0 heterocycles. The molecule has 0 aliphatic rings. The summed E-state index contributed by atoms with van der Waals surface area (Å²) in [7, 11) is -4.24. The van der Waals surface area contributed by atoms with E-state index in [1.807, 2.05) is 0 Å². The van der Waals surface area contributed by atoms with Crippen molar-refractivity contribution in [2.24, 2.45) is 0 Å². The third-order valence-electron chi connectivity index (χ3n) is 4.26. The molecule has 31 heavy (non-hydrogen) atoms. The minimum absolute atomic E-state index is 0.0160. The van der Waals surface area contributed by atoms with E-state index in [-0.39, 0.29) is 20.6 Å². The molecule has 3 rings (SSSR count). The largest absolute Gasteiger partial charge is 0.320 e. The average molecular weight is 485 g/mol. The molecule has 0 saturated heterocycles. The Morgan fingerprint density at radius 1 is 0.968 bits per heavy atom. The SMILES string of the molecule is Cc1ccc(S(=O)(=O)N(CC(=O)Nc2c(F)cccc2F)c2cc(Cl)cc(Cl)c2)cc1. The van der Waals surface area contributed by atoms with E-state index in [1.54, 1.807) is 19.1 Å². The molecule has 0 spiro atoms. The van der Waals surface area contributed by atoms with Crippen LogP contribution in [0.5, 0.6) is 0 Å². The molecule has 0 saturated carbocycles. The normalized spacial score (nSPS) is 11.3. The molecule has 162 valence electrons. The predicted molar refractivity (Wildman–Crippen MR) is 117 cm³/mol. The number of carbonyl (C=O) groups excluding carboxylic acids is 1. The van der Waals surface area contributed by atoms with E-state index >= 15 is 0 Å². The highest BCUT2D eigenvalue weighted by Crippen LogP contribution is 2.30. The van der Waals surface area contributed by atoms with Gasteiger partial charge in [0, 0.05) is 10.0 Å². The quantitative estimate of drug-likeness (QED) is 0.508. The number of amides is 1. The number of sulfonamides is 1. The number of halogens is 4. The Hall–Kier alpha value is -2.68. The van der Waals surface area contributed by atoms with Gasteiger partial charge in [-0.1, -0.05) is 47.0 Å². The van der Waals surface area contributed by atoms with E-state index in [1.165, 1.54) is 30.3 Å². The number of benzene rings is 3. The lowest BCUT2D eigenvalue weighted by atomic mass is 10.2. The molecular weight excluding hydrogens is 469 g/mol. The van der Waals surface area contributed by atoms with Crippen molar-refractivity contribution in [2.45, 2.75) is 11.8 Å². The molecule has 3 aromatic rings. The number of carbonyl (C=O) groups is 1. The van der Waals surface area contributed by atoms with Crippen molar-refractivity contribution in [3.8, 4) is 0 Å². The first kappa shape index (κ1) is 23.0. The maximum atomic E-state index is 13.9. The number of aryl methyl sites for hydroxylation is 1. The zero-order chi connectivity index (χ0) is 22.8. The third-order valence-corrected chi connectivity index (χ3v) is 6.48. The Bertz CT molecular complexity index is 1200. The van der Waals surface area contributed by atoms with Crippen LogP contribution in [0, 0.1) is 18.6 Å². The van der Waals surface area contributed by atoms with Gasteiger partial charge in [0.15, 0.2) is 0 Å². The van der Waals surface area contributed by atoms with Crippen molar-refractivity contribution in [3.05, 3.63) is 87.9 Å². The average Bonchev–Trinajstić information content (AvgIpc) is 2.68. The highest BCUT2D eigenvalue weighted by Gasteiger charge is 2.28. The van der Waals surface area contributed by atoms with Crippen molar-refractivity contribution in [3.63, 3.8) is 0 Å². The molecule has 0 radical (unpaired) electrons. The minimum Gasteiger partial charge on any atom is -0.320 e. The highest BCUT2D eigenvalue weighted by molar-refractivity contribution is 7.92. The smallest absolute Gasteiger partial charge is 0.264 e. The number of anilines is 2. The number of para-hydroxylation sites is 1. The topological polar surface area (TPSA) is 66.5 Å². The summed E-state index contributed by atoms with van der Waals surface area (Å²) in [6.45, 7) is 1.02. The molecule has 0 fully saturated rings. The zero-order valence-electron chi connectivity index (χ0n) is 16.1. The van der Waals surface area contributed by atoms with Crippen LogP contribution < -0.4 is 9.62 Å². The zero-order valence-corrected chi connectivity index (χ0v) is 18.4. The summed E-state index contributed by atoms with van der Waals surface area (Å²) >= 11 is 12.0. The van der Waals surface area contributed by atoms with E-state index in [2.05, 4.69) is 5.32 Å². The van der Waals surface area contributed by atoms with E-state index in [0.717, 1.165) is 28.1 Å². The molecule has 0 aliphatic carbocycles. The lowest BCUT2D eigenvalue weighted by Crippen LogP contribution is -2.38. The van der Waals surface area contributed by atoms with Crippen LogP contribution in [0.1, 0.15) is 5.56 Å². The summed E-state index contributed by atoms with van der Waals surface area (Å²) in [6.07, 6.45) is 0. The molecule has 1 amide bonds. The summed E-state index contributed by atoms with van der Waals surface area (Å²) in [5.41, 5.74) is 0.176. The monoisotopic (exact) mass is 484 g/mol. The van der Waals surface area contributed by atoms with Crippen LogP contribution in [0.25, 0.3) is 0 Å². The van der Waals surface area contributed by atoms with E-state index < -0.39 is 39.8 Å². The molecule has 0 unspecified atom stereocenters. The number of rotatable bonds is 6. The van der Waals surface area contributed by atoms with Crippen molar-refractivity contribution < 1.29 is 22.0 Å². The van der Waals surface area contributed by atoms with Gasteiger partial charge >= 0.3 is 0 Å². The van der Waals surface area contributed by atoms with Crippen molar-refractivity contribution in [2.75, 3.05) is 16.2 Å². The molecular formula is C21H16Cl2F2N2O3S. The molecule has 3 aromatic carbocycles. The van der Waals surface area contributed by atoms with Gasteiger partial charge in [0.1, 0.15) is 23.9 Å². The van der Waals surface area contributed by atoms with Crippen LogP contribution in [0.15, 0.2) is 65.6 Å². The molecule has 1 N–H and O–H groups in total. The van der Waals surface area contributed by atoms with Gasteiger partial charge in [-0.05, 0) is 49.4 Å². The molecule has 0 atom stereocenters. The van der Waals surface area contributed by atoms with Gasteiger partial charge in [0.25, 0.3) is 10.0 Å². The van der Waals surface area contributed by atoms with E-state index in [0.29, 0.717) is 0 Å². The van der Waals surface area contributed by atoms with Crippen molar-refractivity contribution >= 4 is 50.5 Å². The number of hydrogen-bond donors (Lipinski definition) is 1. The van der Waals surface area contributed by atoms with Crippen LogP contribution in [-0.2, 0) is 14.8 Å². The maximum Gasteiger partial charge on any atom is 0.264 e. The van der Waals surface area contributed by atoms with Gasteiger partial charge in [-0.25, -0.2) is 17.2 Å². The van der Waals surface area contributed by atoms with Crippen LogP contribution in [0.2, 0.25) is 10.0 Å². The van der Waals surface area contributed by atoms with Crippen LogP contribution in [-0.4, -0.2) is 20.9 Å².